The molecule has 12 heavy (non-hydrogen) atoms. The lowest BCUT2D eigenvalue weighted by Crippen LogP contribution is -2.39. The lowest BCUT2D eigenvalue weighted by atomic mass is 10.2. The Morgan fingerprint density at radius 2 is 2.25 bits per heavy atom. The monoisotopic (exact) mass is 197 g/mol. The summed E-state index contributed by atoms with van der Waals surface area (Å²) >= 11 is 0.926. The molecular formula is C5H6F3N3S. The summed E-state index contributed by atoms with van der Waals surface area (Å²) in [7, 11) is 0. The number of rotatable bonds is 2. The van der Waals surface area contributed by atoms with Crippen LogP contribution in [0.25, 0.3) is 0 Å². The Bertz CT molecular complexity index is 233. The molecule has 7 heteroatoms. The minimum atomic E-state index is -4.36. The van der Waals surface area contributed by atoms with Gasteiger partial charge in [0.1, 0.15) is 17.4 Å². The normalized spacial score (nSPS) is 14.7. The molecule has 1 aromatic heterocycles. The number of nitrogens with zero attached hydrogens (tertiary/aromatic N) is 2. The van der Waals surface area contributed by atoms with E-state index >= 15 is 0 Å². The van der Waals surface area contributed by atoms with Gasteiger partial charge >= 0.3 is 6.18 Å². The zero-order chi connectivity index (χ0) is 9.19. The summed E-state index contributed by atoms with van der Waals surface area (Å²) in [6.07, 6.45) is -3.44. The Balaban J connectivity index is 2.53. The maximum Gasteiger partial charge on any atom is 0.404 e. The highest BCUT2D eigenvalue weighted by Crippen LogP contribution is 2.21. The van der Waals surface area contributed by atoms with Crippen molar-refractivity contribution in [2.24, 2.45) is 5.73 Å². The minimum absolute atomic E-state index is 0.297. The second kappa shape index (κ2) is 3.36. The number of alkyl halides is 3. The maximum absolute atomic E-state index is 11.9. The molecule has 0 saturated heterocycles. The van der Waals surface area contributed by atoms with Gasteiger partial charge in [-0.2, -0.15) is 17.5 Å². The van der Waals surface area contributed by atoms with Crippen molar-refractivity contribution >= 4 is 11.5 Å². The van der Waals surface area contributed by atoms with Crippen molar-refractivity contribution in [2.45, 2.75) is 18.6 Å². The Hall–Kier alpha value is -0.690. The van der Waals surface area contributed by atoms with E-state index in [4.69, 9.17) is 5.73 Å². The summed E-state index contributed by atoms with van der Waals surface area (Å²) in [4.78, 5) is 3.60. The van der Waals surface area contributed by atoms with Gasteiger partial charge in [0.05, 0.1) is 0 Å². The van der Waals surface area contributed by atoms with Gasteiger partial charge in [0, 0.05) is 6.42 Å². The molecule has 2 N–H and O–H groups in total. The average molecular weight is 197 g/mol. The van der Waals surface area contributed by atoms with Gasteiger partial charge in [0.25, 0.3) is 0 Å². The van der Waals surface area contributed by atoms with Crippen LogP contribution in [-0.4, -0.2) is 21.6 Å². The SMILES string of the molecule is NC(Cc1ncns1)C(F)(F)F. The Morgan fingerprint density at radius 3 is 2.67 bits per heavy atom. The van der Waals surface area contributed by atoms with Crippen LogP contribution in [0.5, 0.6) is 0 Å². The molecule has 0 bridgehead atoms. The Morgan fingerprint density at radius 1 is 1.58 bits per heavy atom. The molecule has 0 saturated carbocycles. The van der Waals surface area contributed by atoms with Crippen LogP contribution in [0.3, 0.4) is 0 Å². The smallest absolute Gasteiger partial charge is 0.320 e. The summed E-state index contributed by atoms with van der Waals surface area (Å²) in [5.74, 6) is 0. The van der Waals surface area contributed by atoms with Crippen LogP contribution in [0.15, 0.2) is 6.33 Å². The van der Waals surface area contributed by atoms with Crippen LogP contribution >= 0.6 is 11.5 Å². The number of hydrogen-bond acceptors (Lipinski definition) is 4. The van der Waals surface area contributed by atoms with Gasteiger partial charge in [-0.25, -0.2) is 4.98 Å². The van der Waals surface area contributed by atoms with Crippen LogP contribution in [0.2, 0.25) is 0 Å². The van der Waals surface area contributed by atoms with Crippen molar-refractivity contribution in [3.8, 4) is 0 Å². The van der Waals surface area contributed by atoms with Crippen LogP contribution in [0.4, 0.5) is 13.2 Å². The fourth-order valence-electron chi connectivity index (χ4n) is 0.590. The molecule has 1 heterocycles. The maximum atomic E-state index is 11.9. The van der Waals surface area contributed by atoms with Gasteiger partial charge in [-0.15, -0.1) is 0 Å². The molecule has 0 aliphatic carbocycles. The van der Waals surface area contributed by atoms with Gasteiger partial charge in [-0.1, -0.05) is 0 Å². The summed E-state index contributed by atoms with van der Waals surface area (Å²) in [5, 5.41) is 0.305. The van der Waals surface area contributed by atoms with Crippen molar-refractivity contribution in [3.63, 3.8) is 0 Å². The van der Waals surface area contributed by atoms with Gasteiger partial charge in [0.2, 0.25) is 0 Å². The fraction of sp³-hybridized carbons (Fsp3) is 0.600. The van der Waals surface area contributed by atoms with Crippen LogP contribution in [-0.2, 0) is 6.42 Å². The minimum Gasteiger partial charge on any atom is -0.320 e. The number of halogens is 3. The molecule has 0 aliphatic heterocycles. The summed E-state index contributed by atoms with van der Waals surface area (Å²) in [6, 6.07) is -1.84. The van der Waals surface area contributed by atoms with Crippen molar-refractivity contribution in [1.82, 2.24) is 9.36 Å². The predicted molar refractivity (Wildman–Crippen MR) is 37.6 cm³/mol. The van der Waals surface area contributed by atoms with Crippen LogP contribution < -0.4 is 5.73 Å². The van der Waals surface area contributed by atoms with Gasteiger partial charge < -0.3 is 5.73 Å². The van der Waals surface area contributed by atoms with E-state index in [1.807, 2.05) is 0 Å². The predicted octanol–water partition coefficient (Wildman–Crippen LogP) is 0.970. The zero-order valence-electron chi connectivity index (χ0n) is 5.88. The second-order valence-electron chi connectivity index (χ2n) is 2.19. The first kappa shape index (κ1) is 9.40. The van der Waals surface area contributed by atoms with E-state index in [9.17, 15) is 13.2 Å². The molecule has 0 fully saturated rings. The first-order valence-electron chi connectivity index (χ1n) is 3.08. The Labute approximate surface area is 70.6 Å². The van der Waals surface area contributed by atoms with Gasteiger partial charge in [-0.3, -0.25) is 0 Å². The number of aromatic nitrogens is 2. The van der Waals surface area contributed by atoms with Crippen LogP contribution in [0, 0.1) is 0 Å². The molecule has 0 spiro atoms. The van der Waals surface area contributed by atoms with Crippen LogP contribution in [0.1, 0.15) is 5.01 Å². The van der Waals surface area contributed by atoms with Gasteiger partial charge in [-0.05, 0) is 11.5 Å². The molecule has 0 aliphatic rings. The van der Waals surface area contributed by atoms with Crippen molar-refractivity contribution in [1.29, 1.82) is 0 Å². The molecule has 0 radical (unpaired) electrons. The highest BCUT2D eigenvalue weighted by atomic mass is 32.1. The molecule has 0 aromatic carbocycles. The fourth-order valence-corrected chi connectivity index (χ4v) is 1.15. The van der Waals surface area contributed by atoms with E-state index in [0.29, 0.717) is 5.01 Å². The third-order valence-corrected chi connectivity index (χ3v) is 1.90. The zero-order valence-corrected chi connectivity index (χ0v) is 6.69. The highest BCUT2D eigenvalue weighted by molar-refractivity contribution is 7.05. The highest BCUT2D eigenvalue weighted by Gasteiger charge is 2.37. The van der Waals surface area contributed by atoms with Crippen molar-refractivity contribution < 1.29 is 13.2 Å². The second-order valence-corrected chi connectivity index (χ2v) is 3.05. The van der Waals surface area contributed by atoms with E-state index in [1.165, 1.54) is 6.33 Å². The first-order valence-corrected chi connectivity index (χ1v) is 3.85. The standard InChI is InChI=1S/C5H6F3N3S/c6-5(7,8)3(9)1-4-10-2-11-12-4/h2-3H,1,9H2. The van der Waals surface area contributed by atoms with Crippen molar-refractivity contribution in [2.75, 3.05) is 0 Å². The Kier molecular flexibility index (Phi) is 2.63. The molecule has 1 rings (SSSR count). The van der Waals surface area contributed by atoms with E-state index in [-0.39, 0.29) is 6.42 Å². The molecule has 1 unspecified atom stereocenters. The number of hydrogen-bond donors (Lipinski definition) is 1. The van der Waals surface area contributed by atoms with Crippen molar-refractivity contribution in [3.05, 3.63) is 11.3 Å². The largest absolute Gasteiger partial charge is 0.404 e. The van der Waals surface area contributed by atoms with Gasteiger partial charge in [0.15, 0.2) is 0 Å². The first-order chi connectivity index (χ1) is 5.50. The topological polar surface area (TPSA) is 51.8 Å². The summed E-state index contributed by atoms with van der Waals surface area (Å²) < 4.78 is 39.2. The molecule has 3 nitrogen and oxygen atoms in total. The third-order valence-electron chi connectivity index (χ3n) is 1.22. The third kappa shape index (κ3) is 2.42. The lowest BCUT2D eigenvalue weighted by molar-refractivity contribution is -0.147. The van der Waals surface area contributed by atoms with E-state index in [1.54, 1.807) is 0 Å². The number of nitrogens with two attached hydrogens (primary N) is 1. The van der Waals surface area contributed by atoms with E-state index in [2.05, 4.69) is 9.36 Å². The summed E-state index contributed by atoms with van der Waals surface area (Å²) in [6.45, 7) is 0. The molecule has 0 amide bonds. The molecule has 1 aromatic rings. The van der Waals surface area contributed by atoms with E-state index in [0.717, 1.165) is 11.5 Å². The molecule has 68 valence electrons. The van der Waals surface area contributed by atoms with E-state index < -0.39 is 12.2 Å². The molecular weight excluding hydrogens is 191 g/mol. The summed E-state index contributed by atoms with van der Waals surface area (Å²) in [5.41, 5.74) is 4.86. The quantitative estimate of drug-likeness (QED) is 0.768. The lowest BCUT2D eigenvalue weighted by Gasteiger charge is -2.12. The molecule has 1 atom stereocenters. The average Bonchev–Trinajstić information content (AvgIpc) is 2.37.